The zero-order valence-electron chi connectivity index (χ0n) is 27.7. The fourth-order valence-corrected chi connectivity index (χ4v) is 6.54. The number of hydrogen-bond acceptors (Lipinski definition) is 3. The van der Waals surface area contributed by atoms with Gasteiger partial charge in [-0.05, 0) is 100 Å². The van der Waals surface area contributed by atoms with Gasteiger partial charge in [0.15, 0.2) is 8.32 Å². The number of rotatable bonds is 12. The van der Waals surface area contributed by atoms with Crippen LogP contribution in [0.2, 0.25) is 36.3 Å². The lowest BCUT2D eigenvalue weighted by atomic mass is 9.86. The highest BCUT2D eigenvalue weighted by molar-refractivity contribution is 6.75. The van der Waals surface area contributed by atoms with E-state index < -0.39 is 16.6 Å². The second-order valence-corrected chi connectivity index (χ2v) is 24.5. The van der Waals surface area contributed by atoms with Gasteiger partial charge in [0, 0.05) is 23.6 Å². The van der Waals surface area contributed by atoms with E-state index in [-0.39, 0.29) is 16.0 Å². The molecule has 0 aliphatic heterocycles. The average molecular weight is 570 g/mol. The van der Waals surface area contributed by atoms with Crippen LogP contribution in [0.3, 0.4) is 0 Å². The van der Waals surface area contributed by atoms with Crippen LogP contribution >= 0.6 is 0 Å². The van der Waals surface area contributed by atoms with Crippen LogP contribution in [0.25, 0.3) is 0 Å². The Bertz CT molecular complexity index is 1030. The predicted molar refractivity (Wildman–Crippen MR) is 176 cm³/mol. The Morgan fingerprint density at radius 3 is 1.77 bits per heavy atom. The third-order valence-electron chi connectivity index (χ3n) is 9.23. The first-order valence-corrected chi connectivity index (χ1v) is 20.8. The van der Waals surface area contributed by atoms with Crippen LogP contribution in [-0.4, -0.2) is 40.2 Å². The van der Waals surface area contributed by atoms with Crippen molar-refractivity contribution in [2.75, 3.05) is 6.54 Å². The Hall–Kier alpha value is -1.41. The molecule has 1 unspecified atom stereocenters. The van der Waals surface area contributed by atoms with E-state index in [2.05, 4.69) is 149 Å². The minimum absolute atomic E-state index is 0.128. The third-order valence-corrected chi connectivity index (χ3v) is 18.1. The van der Waals surface area contributed by atoms with Gasteiger partial charge in [0.05, 0.1) is 6.61 Å². The molecular formula is C34H59NO2Si2. The van der Waals surface area contributed by atoms with Crippen LogP contribution in [0.5, 0.6) is 5.75 Å². The Balaban J connectivity index is 2.61. The number of hydrogen-bond donors (Lipinski definition) is 0. The fourth-order valence-electron chi connectivity index (χ4n) is 4.54. The van der Waals surface area contributed by atoms with Crippen LogP contribution in [0.1, 0.15) is 98.3 Å². The van der Waals surface area contributed by atoms with Crippen LogP contribution in [0.4, 0.5) is 0 Å². The largest absolute Gasteiger partial charge is 0.543 e. The molecule has 1 atom stereocenters. The molecule has 220 valence electrons. The third kappa shape index (κ3) is 9.04. The second-order valence-electron chi connectivity index (χ2n) is 15.0. The first-order chi connectivity index (χ1) is 17.8. The van der Waals surface area contributed by atoms with Gasteiger partial charge in [0.25, 0.3) is 0 Å². The average Bonchev–Trinajstić information content (AvgIpc) is 2.80. The van der Waals surface area contributed by atoms with Gasteiger partial charge < -0.3 is 8.85 Å². The van der Waals surface area contributed by atoms with Crippen molar-refractivity contribution < 1.29 is 8.85 Å². The van der Waals surface area contributed by atoms with Crippen LogP contribution in [-0.2, 0) is 11.0 Å². The summed E-state index contributed by atoms with van der Waals surface area (Å²) in [5.74, 6) is 1.30. The molecule has 0 saturated heterocycles. The zero-order valence-corrected chi connectivity index (χ0v) is 29.7. The summed E-state index contributed by atoms with van der Waals surface area (Å²) in [5.41, 5.74) is 3.89. The summed E-state index contributed by atoms with van der Waals surface area (Å²) < 4.78 is 13.7. The van der Waals surface area contributed by atoms with Crippen molar-refractivity contribution in [1.29, 1.82) is 0 Å². The molecule has 0 spiro atoms. The van der Waals surface area contributed by atoms with Crippen molar-refractivity contribution >= 4 is 16.6 Å². The molecule has 0 fully saturated rings. The van der Waals surface area contributed by atoms with Crippen molar-refractivity contribution in [3.63, 3.8) is 0 Å². The molecule has 2 aromatic rings. The summed E-state index contributed by atoms with van der Waals surface area (Å²) in [4.78, 5) is 2.61. The van der Waals surface area contributed by atoms with Gasteiger partial charge in [-0.25, -0.2) is 0 Å². The Kier molecular flexibility index (Phi) is 11.3. The van der Waals surface area contributed by atoms with Crippen molar-refractivity contribution in [3.8, 4) is 5.75 Å². The van der Waals surface area contributed by atoms with Crippen LogP contribution in [0, 0.1) is 0 Å². The first-order valence-electron chi connectivity index (χ1n) is 15.0. The minimum atomic E-state index is -2.03. The van der Waals surface area contributed by atoms with E-state index >= 15 is 0 Å². The van der Waals surface area contributed by atoms with Gasteiger partial charge in [0.2, 0.25) is 8.32 Å². The SMILES string of the molecule is CC(C)N(CCC(c1ccccc1)c1cc(CO[Si](C)(C)C(C)(C)C)ccc1O[Si](C)(C)C(C)(C)C)C(C)C. The van der Waals surface area contributed by atoms with Gasteiger partial charge >= 0.3 is 0 Å². The smallest absolute Gasteiger partial charge is 0.250 e. The molecule has 2 rings (SSSR count). The van der Waals surface area contributed by atoms with E-state index in [1.165, 1.54) is 16.7 Å². The molecule has 0 amide bonds. The minimum Gasteiger partial charge on any atom is -0.543 e. The quantitative estimate of drug-likeness (QED) is 0.237. The summed E-state index contributed by atoms with van der Waals surface area (Å²) in [6, 6.07) is 18.9. The first kappa shape index (κ1) is 33.8. The van der Waals surface area contributed by atoms with Crippen LogP contribution < -0.4 is 4.43 Å². The lowest BCUT2D eigenvalue weighted by Gasteiger charge is -2.38. The molecule has 2 aromatic carbocycles. The highest BCUT2D eigenvalue weighted by atomic mass is 28.4. The van der Waals surface area contributed by atoms with Gasteiger partial charge in [-0.15, -0.1) is 0 Å². The molecule has 0 aliphatic carbocycles. The van der Waals surface area contributed by atoms with E-state index in [0.717, 1.165) is 18.7 Å². The monoisotopic (exact) mass is 569 g/mol. The van der Waals surface area contributed by atoms with Crippen LogP contribution in [0.15, 0.2) is 48.5 Å². The maximum atomic E-state index is 7.05. The van der Waals surface area contributed by atoms with Gasteiger partial charge in [-0.1, -0.05) is 77.9 Å². The summed E-state index contributed by atoms with van der Waals surface area (Å²) in [5, 5.41) is 0.313. The highest BCUT2D eigenvalue weighted by Gasteiger charge is 2.40. The molecule has 0 bridgehead atoms. The summed E-state index contributed by atoms with van der Waals surface area (Å²) in [6.45, 7) is 34.2. The molecule has 0 heterocycles. The molecule has 5 heteroatoms. The molecule has 39 heavy (non-hydrogen) atoms. The summed E-state index contributed by atoms with van der Waals surface area (Å²) in [6.07, 6.45) is 1.04. The maximum absolute atomic E-state index is 7.05. The Morgan fingerprint density at radius 1 is 0.744 bits per heavy atom. The number of nitrogens with zero attached hydrogens (tertiary/aromatic N) is 1. The normalized spacial score (nSPS) is 14.4. The molecule has 0 N–H and O–H groups in total. The van der Waals surface area contributed by atoms with E-state index in [4.69, 9.17) is 8.85 Å². The topological polar surface area (TPSA) is 21.7 Å². The van der Waals surface area contributed by atoms with Crippen molar-refractivity contribution in [2.45, 2.75) is 137 Å². The van der Waals surface area contributed by atoms with E-state index in [9.17, 15) is 0 Å². The maximum Gasteiger partial charge on any atom is 0.250 e. The molecule has 0 aliphatic rings. The van der Waals surface area contributed by atoms with E-state index in [1.807, 2.05) is 0 Å². The lowest BCUT2D eigenvalue weighted by Crippen LogP contribution is -2.44. The van der Waals surface area contributed by atoms with Gasteiger partial charge in [0.1, 0.15) is 5.75 Å². The predicted octanol–water partition coefficient (Wildman–Crippen LogP) is 10.2. The van der Waals surface area contributed by atoms with E-state index in [1.54, 1.807) is 0 Å². The highest BCUT2D eigenvalue weighted by Crippen LogP contribution is 2.42. The fraction of sp³-hybridized carbons (Fsp3) is 0.647. The molecular weight excluding hydrogens is 511 g/mol. The summed E-state index contributed by atoms with van der Waals surface area (Å²) in [7, 11) is -3.89. The molecule has 3 nitrogen and oxygen atoms in total. The number of benzene rings is 2. The van der Waals surface area contributed by atoms with Gasteiger partial charge in [-0.3, -0.25) is 4.90 Å². The van der Waals surface area contributed by atoms with Crippen molar-refractivity contribution in [2.24, 2.45) is 0 Å². The van der Waals surface area contributed by atoms with E-state index in [0.29, 0.717) is 18.7 Å². The molecule has 0 aromatic heterocycles. The second kappa shape index (κ2) is 13.1. The Labute approximate surface area is 244 Å². The summed E-state index contributed by atoms with van der Waals surface area (Å²) >= 11 is 0. The van der Waals surface area contributed by atoms with Crippen molar-refractivity contribution in [3.05, 3.63) is 65.2 Å². The molecule has 0 radical (unpaired) electrons. The molecule has 0 saturated carbocycles. The van der Waals surface area contributed by atoms with Crippen molar-refractivity contribution in [1.82, 2.24) is 4.90 Å². The lowest BCUT2D eigenvalue weighted by molar-refractivity contribution is 0.170. The zero-order chi connectivity index (χ0) is 29.8. The van der Waals surface area contributed by atoms with Gasteiger partial charge in [-0.2, -0.15) is 0 Å². The Morgan fingerprint density at radius 2 is 1.28 bits per heavy atom. The standard InChI is InChI=1S/C34H59NO2Si2/c1-26(2)35(27(3)4)23-22-30(29-18-16-15-17-19-29)31-24-28(25-36-38(11,12)33(5,6)7)20-21-32(31)37-39(13,14)34(8,9)10/h15-21,24,26-27,30H,22-23,25H2,1-14H3.